The van der Waals surface area contributed by atoms with Crippen LogP contribution in [0.1, 0.15) is 40.7 Å². The van der Waals surface area contributed by atoms with Crippen LogP contribution in [0.5, 0.6) is 0 Å². The Bertz CT molecular complexity index is 838. The first-order valence-electron chi connectivity index (χ1n) is 8.20. The topological polar surface area (TPSA) is 46.9 Å². The van der Waals surface area contributed by atoms with E-state index in [0.717, 1.165) is 17.8 Å². The normalized spacial score (nSPS) is 11.0. The van der Waals surface area contributed by atoms with E-state index in [-0.39, 0.29) is 17.6 Å². The molecule has 0 saturated carbocycles. The quantitative estimate of drug-likeness (QED) is 0.720. The van der Waals surface area contributed by atoms with E-state index in [1.165, 1.54) is 17.0 Å². The summed E-state index contributed by atoms with van der Waals surface area (Å²) in [7, 11) is 0. The van der Waals surface area contributed by atoms with Crippen molar-refractivity contribution in [2.24, 2.45) is 0 Å². The average Bonchev–Trinajstić information content (AvgIpc) is 3.24. The Labute approximate surface area is 150 Å². The van der Waals surface area contributed by atoms with Gasteiger partial charge in [0.05, 0.1) is 23.1 Å². The summed E-state index contributed by atoms with van der Waals surface area (Å²) in [6.07, 6.45) is 2.39. The second-order valence-electron chi connectivity index (χ2n) is 6.07. The van der Waals surface area contributed by atoms with Gasteiger partial charge in [0.15, 0.2) is 0 Å². The third-order valence-corrected chi connectivity index (χ3v) is 4.84. The standard InChI is InChI=1S/C19H20FN3OS/c1-13(2)18-17(19(24)21-10-9-16-4-3-11-25-16)12-22-23(18)15-7-5-14(20)6-8-15/h3-8,11-13H,9-10H2,1-2H3,(H,21,24). The molecule has 0 fully saturated rings. The van der Waals surface area contributed by atoms with Gasteiger partial charge in [-0.1, -0.05) is 19.9 Å². The van der Waals surface area contributed by atoms with Crippen LogP contribution in [0.15, 0.2) is 48.0 Å². The molecule has 1 aromatic carbocycles. The molecule has 0 bridgehead atoms. The van der Waals surface area contributed by atoms with Gasteiger partial charge in [-0.05, 0) is 48.1 Å². The van der Waals surface area contributed by atoms with Crippen LogP contribution in [0.4, 0.5) is 4.39 Å². The van der Waals surface area contributed by atoms with Gasteiger partial charge in [-0.3, -0.25) is 4.79 Å². The van der Waals surface area contributed by atoms with Crippen molar-refractivity contribution < 1.29 is 9.18 Å². The first-order chi connectivity index (χ1) is 12.1. The van der Waals surface area contributed by atoms with Gasteiger partial charge in [-0.2, -0.15) is 5.10 Å². The molecular formula is C19H20FN3OS. The molecule has 1 N–H and O–H groups in total. The van der Waals surface area contributed by atoms with Crippen LogP contribution in [0.2, 0.25) is 0 Å². The fourth-order valence-electron chi connectivity index (χ4n) is 2.73. The minimum Gasteiger partial charge on any atom is -0.352 e. The van der Waals surface area contributed by atoms with Gasteiger partial charge in [-0.15, -0.1) is 11.3 Å². The lowest BCUT2D eigenvalue weighted by molar-refractivity contribution is 0.0953. The first-order valence-corrected chi connectivity index (χ1v) is 9.08. The molecule has 2 heterocycles. The number of benzene rings is 1. The highest BCUT2D eigenvalue weighted by molar-refractivity contribution is 7.09. The van der Waals surface area contributed by atoms with E-state index in [0.29, 0.717) is 12.1 Å². The highest BCUT2D eigenvalue weighted by atomic mass is 32.1. The molecule has 2 aromatic heterocycles. The number of carbonyl (C=O) groups excluding carboxylic acids is 1. The number of amides is 1. The number of rotatable bonds is 6. The van der Waals surface area contributed by atoms with E-state index in [1.807, 2.05) is 25.3 Å². The Morgan fingerprint density at radius 3 is 2.68 bits per heavy atom. The SMILES string of the molecule is CC(C)c1c(C(=O)NCCc2cccs2)cnn1-c1ccc(F)cc1. The molecule has 0 atom stereocenters. The second-order valence-corrected chi connectivity index (χ2v) is 7.10. The summed E-state index contributed by atoms with van der Waals surface area (Å²) in [4.78, 5) is 13.8. The molecule has 3 rings (SSSR count). The molecule has 0 aliphatic heterocycles. The van der Waals surface area contributed by atoms with Crippen molar-refractivity contribution in [2.45, 2.75) is 26.2 Å². The van der Waals surface area contributed by atoms with Gasteiger partial charge in [0, 0.05) is 11.4 Å². The van der Waals surface area contributed by atoms with Crippen LogP contribution >= 0.6 is 11.3 Å². The van der Waals surface area contributed by atoms with Crippen LogP contribution in [-0.4, -0.2) is 22.2 Å². The van der Waals surface area contributed by atoms with E-state index in [4.69, 9.17) is 0 Å². The molecule has 6 heteroatoms. The number of nitrogens with one attached hydrogen (secondary N) is 1. The predicted octanol–water partition coefficient (Wildman–Crippen LogP) is 4.17. The third-order valence-electron chi connectivity index (χ3n) is 3.91. The van der Waals surface area contributed by atoms with Crippen LogP contribution < -0.4 is 5.32 Å². The lowest BCUT2D eigenvalue weighted by atomic mass is 10.0. The number of nitrogens with zero attached hydrogens (tertiary/aromatic N) is 2. The van der Waals surface area contributed by atoms with Gasteiger partial charge in [0.25, 0.3) is 5.91 Å². The summed E-state index contributed by atoms with van der Waals surface area (Å²) in [5.41, 5.74) is 2.12. The predicted molar refractivity (Wildman–Crippen MR) is 98.0 cm³/mol. The van der Waals surface area contributed by atoms with Crippen LogP contribution in [0.25, 0.3) is 5.69 Å². The maximum absolute atomic E-state index is 13.2. The Balaban J connectivity index is 1.78. The summed E-state index contributed by atoms with van der Waals surface area (Å²) >= 11 is 1.68. The Hall–Kier alpha value is -2.47. The van der Waals surface area contributed by atoms with Crippen molar-refractivity contribution >= 4 is 17.2 Å². The molecule has 0 radical (unpaired) electrons. The van der Waals surface area contributed by atoms with Crippen LogP contribution in [0, 0.1) is 5.82 Å². The molecule has 3 aromatic rings. The van der Waals surface area contributed by atoms with Crippen molar-refractivity contribution in [1.82, 2.24) is 15.1 Å². The Morgan fingerprint density at radius 2 is 2.04 bits per heavy atom. The number of thiophene rings is 1. The zero-order valence-corrected chi connectivity index (χ0v) is 15.0. The summed E-state index contributed by atoms with van der Waals surface area (Å²) in [5, 5.41) is 9.34. The summed E-state index contributed by atoms with van der Waals surface area (Å²) in [6.45, 7) is 4.61. The van der Waals surface area contributed by atoms with Gasteiger partial charge in [0.2, 0.25) is 0 Å². The van der Waals surface area contributed by atoms with E-state index in [2.05, 4.69) is 16.5 Å². The lowest BCUT2D eigenvalue weighted by Gasteiger charge is -2.13. The van der Waals surface area contributed by atoms with E-state index >= 15 is 0 Å². The highest BCUT2D eigenvalue weighted by Gasteiger charge is 2.20. The monoisotopic (exact) mass is 357 g/mol. The maximum atomic E-state index is 13.2. The summed E-state index contributed by atoms with van der Waals surface area (Å²) < 4.78 is 14.9. The average molecular weight is 357 g/mol. The van der Waals surface area contributed by atoms with E-state index < -0.39 is 0 Å². The number of hydrogen-bond acceptors (Lipinski definition) is 3. The number of hydrogen-bond donors (Lipinski definition) is 1. The third kappa shape index (κ3) is 3.96. The number of aromatic nitrogens is 2. The Morgan fingerprint density at radius 1 is 1.28 bits per heavy atom. The molecule has 4 nitrogen and oxygen atoms in total. The van der Waals surface area contributed by atoms with Gasteiger partial charge in [0.1, 0.15) is 5.82 Å². The van der Waals surface area contributed by atoms with E-state index in [9.17, 15) is 9.18 Å². The molecular weight excluding hydrogens is 337 g/mol. The van der Waals surface area contributed by atoms with E-state index in [1.54, 1.807) is 34.3 Å². The van der Waals surface area contributed by atoms with Crippen LogP contribution in [-0.2, 0) is 6.42 Å². The maximum Gasteiger partial charge on any atom is 0.254 e. The highest BCUT2D eigenvalue weighted by Crippen LogP contribution is 2.23. The minimum atomic E-state index is -0.298. The van der Waals surface area contributed by atoms with Crippen molar-refractivity contribution in [3.05, 3.63) is 69.9 Å². The number of carbonyl (C=O) groups is 1. The molecule has 0 saturated heterocycles. The largest absolute Gasteiger partial charge is 0.352 e. The zero-order chi connectivity index (χ0) is 17.8. The van der Waals surface area contributed by atoms with Gasteiger partial charge in [-0.25, -0.2) is 9.07 Å². The van der Waals surface area contributed by atoms with Gasteiger partial charge < -0.3 is 5.32 Å². The molecule has 0 aliphatic carbocycles. The molecule has 25 heavy (non-hydrogen) atoms. The van der Waals surface area contributed by atoms with Crippen molar-refractivity contribution in [1.29, 1.82) is 0 Å². The smallest absolute Gasteiger partial charge is 0.254 e. The fourth-order valence-corrected chi connectivity index (χ4v) is 3.43. The zero-order valence-electron chi connectivity index (χ0n) is 14.2. The van der Waals surface area contributed by atoms with Crippen molar-refractivity contribution in [3.63, 3.8) is 0 Å². The fraction of sp³-hybridized carbons (Fsp3) is 0.263. The molecule has 1 amide bonds. The lowest BCUT2D eigenvalue weighted by Crippen LogP contribution is -2.26. The summed E-state index contributed by atoms with van der Waals surface area (Å²) in [6, 6.07) is 10.2. The molecule has 0 unspecified atom stereocenters. The Kier molecular flexibility index (Phi) is 5.28. The van der Waals surface area contributed by atoms with Gasteiger partial charge >= 0.3 is 0 Å². The van der Waals surface area contributed by atoms with Crippen molar-refractivity contribution in [3.8, 4) is 5.69 Å². The second kappa shape index (κ2) is 7.61. The van der Waals surface area contributed by atoms with Crippen molar-refractivity contribution in [2.75, 3.05) is 6.54 Å². The first kappa shape index (κ1) is 17.4. The molecule has 0 spiro atoms. The molecule has 0 aliphatic rings. The molecule has 130 valence electrons. The minimum absolute atomic E-state index is 0.102. The van der Waals surface area contributed by atoms with Crippen LogP contribution in [0.3, 0.4) is 0 Å². The number of halogens is 1. The summed E-state index contributed by atoms with van der Waals surface area (Å²) in [5.74, 6) is -0.326.